The van der Waals surface area contributed by atoms with Crippen molar-refractivity contribution < 1.29 is 19.0 Å². The zero-order chi connectivity index (χ0) is 24.6. The summed E-state index contributed by atoms with van der Waals surface area (Å²) < 4.78 is 17.6. The number of amides is 1. The second-order valence-electron chi connectivity index (χ2n) is 10.3. The number of fused-ring (bicyclic) bond motifs is 1. The molecule has 188 valence electrons. The van der Waals surface area contributed by atoms with Gasteiger partial charge in [-0.2, -0.15) is 0 Å². The SMILES string of the molecule is COc1ncc(N2CCc3ncnc(OC4CCN(C(=O)C5CCCOC5(C)C)C4)c3C2)cc1C. The molecule has 3 aliphatic heterocycles. The highest BCUT2D eigenvalue weighted by atomic mass is 16.5. The molecule has 0 radical (unpaired) electrons. The number of nitrogens with zero attached hydrogens (tertiary/aromatic N) is 5. The Morgan fingerprint density at radius 2 is 2.03 bits per heavy atom. The molecule has 1 amide bonds. The third kappa shape index (κ3) is 4.78. The molecule has 3 aliphatic rings. The van der Waals surface area contributed by atoms with E-state index in [2.05, 4.69) is 25.9 Å². The van der Waals surface area contributed by atoms with Gasteiger partial charge in [-0.1, -0.05) is 0 Å². The number of rotatable bonds is 5. The molecule has 2 unspecified atom stereocenters. The highest BCUT2D eigenvalue weighted by Crippen LogP contribution is 2.34. The van der Waals surface area contributed by atoms with Crippen LogP contribution in [0.25, 0.3) is 0 Å². The largest absolute Gasteiger partial charge is 0.481 e. The number of likely N-dealkylation sites (tertiary alicyclic amines) is 1. The standard InChI is InChI=1S/C26H35N5O4/c1-17-12-18(13-27-23(17)33-4)30-10-8-22-20(15-30)24(29-16-28-22)35-19-7-9-31(14-19)25(32)21-6-5-11-34-26(21,2)3/h12-13,16,19,21H,5-11,14-15H2,1-4H3. The predicted octanol–water partition coefficient (Wildman–Crippen LogP) is 2.94. The number of aryl methyl sites for hydroxylation is 1. The maximum atomic E-state index is 13.3. The van der Waals surface area contributed by atoms with Crippen LogP contribution in [0.4, 0.5) is 5.69 Å². The first-order valence-electron chi connectivity index (χ1n) is 12.5. The summed E-state index contributed by atoms with van der Waals surface area (Å²) in [5, 5.41) is 0. The zero-order valence-corrected chi connectivity index (χ0v) is 21.1. The number of anilines is 1. The van der Waals surface area contributed by atoms with Gasteiger partial charge >= 0.3 is 0 Å². The lowest BCUT2D eigenvalue weighted by Crippen LogP contribution is -2.48. The van der Waals surface area contributed by atoms with E-state index in [-0.39, 0.29) is 17.9 Å². The maximum absolute atomic E-state index is 13.3. The minimum atomic E-state index is -0.419. The van der Waals surface area contributed by atoms with E-state index in [1.54, 1.807) is 13.4 Å². The Hall–Kier alpha value is -2.94. The van der Waals surface area contributed by atoms with Gasteiger partial charge in [0.05, 0.1) is 54.9 Å². The van der Waals surface area contributed by atoms with E-state index in [0.717, 1.165) is 61.3 Å². The van der Waals surface area contributed by atoms with Crippen LogP contribution in [0.1, 0.15) is 49.9 Å². The number of hydrogen-bond donors (Lipinski definition) is 0. The maximum Gasteiger partial charge on any atom is 0.228 e. The average Bonchev–Trinajstić information content (AvgIpc) is 3.32. The topological polar surface area (TPSA) is 89.9 Å². The molecule has 2 fully saturated rings. The summed E-state index contributed by atoms with van der Waals surface area (Å²) in [5.41, 5.74) is 3.66. The highest BCUT2D eigenvalue weighted by Gasteiger charge is 2.42. The number of methoxy groups -OCH3 is 1. The summed E-state index contributed by atoms with van der Waals surface area (Å²) in [7, 11) is 1.63. The van der Waals surface area contributed by atoms with Crippen LogP contribution in [0.2, 0.25) is 0 Å². The van der Waals surface area contributed by atoms with Crippen molar-refractivity contribution in [3.8, 4) is 11.8 Å². The number of carbonyl (C=O) groups excluding carboxylic acids is 1. The average molecular weight is 482 g/mol. The van der Waals surface area contributed by atoms with Gasteiger partial charge in [-0.15, -0.1) is 0 Å². The lowest BCUT2D eigenvalue weighted by Gasteiger charge is -2.39. The monoisotopic (exact) mass is 481 g/mol. The molecule has 9 nitrogen and oxygen atoms in total. The Morgan fingerprint density at radius 3 is 2.80 bits per heavy atom. The van der Waals surface area contributed by atoms with Crippen LogP contribution >= 0.6 is 0 Å². The van der Waals surface area contributed by atoms with Crippen molar-refractivity contribution in [1.29, 1.82) is 0 Å². The molecule has 2 saturated heterocycles. The van der Waals surface area contributed by atoms with Crippen molar-refractivity contribution in [3.63, 3.8) is 0 Å². The summed E-state index contributed by atoms with van der Waals surface area (Å²) in [6, 6.07) is 2.10. The van der Waals surface area contributed by atoms with Gasteiger partial charge in [0.1, 0.15) is 12.4 Å². The van der Waals surface area contributed by atoms with Crippen molar-refractivity contribution in [3.05, 3.63) is 35.4 Å². The first kappa shape index (κ1) is 23.8. The van der Waals surface area contributed by atoms with Gasteiger partial charge in [0, 0.05) is 38.1 Å². The minimum absolute atomic E-state index is 0.0779. The van der Waals surface area contributed by atoms with Crippen LogP contribution in [-0.4, -0.2) is 70.8 Å². The molecule has 0 aliphatic carbocycles. The Balaban J connectivity index is 1.27. The van der Waals surface area contributed by atoms with Gasteiger partial charge in [0.2, 0.25) is 17.7 Å². The van der Waals surface area contributed by atoms with Crippen LogP contribution < -0.4 is 14.4 Å². The minimum Gasteiger partial charge on any atom is -0.481 e. The first-order valence-corrected chi connectivity index (χ1v) is 12.5. The van der Waals surface area contributed by atoms with Crippen LogP contribution in [0.15, 0.2) is 18.6 Å². The van der Waals surface area contributed by atoms with Gasteiger partial charge in [-0.3, -0.25) is 4.79 Å². The fourth-order valence-electron chi connectivity index (χ4n) is 5.47. The van der Waals surface area contributed by atoms with Crippen molar-refractivity contribution in [1.82, 2.24) is 19.9 Å². The predicted molar refractivity (Wildman–Crippen MR) is 131 cm³/mol. The molecule has 2 aromatic rings. The number of pyridine rings is 1. The number of carbonyl (C=O) groups is 1. The van der Waals surface area contributed by atoms with Crippen molar-refractivity contribution in [2.45, 2.75) is 64.7 Å². The van der Waals surface area contributed by atoms with Crippen molar-refractivity contribution in [2.24, 2.45) is 5.92 Å². The number of hydrogen-bond acceptors (Lipinski definition) is 8. The van der Waals surface area contributed by atoms with E-state index in [0.29, 0.717) is 31.4 Å². The quantitative estimate of drug-likeness (QED) is 0.644. The molecule has 35 heavy (non-hydrogen) atoms. The van der Waals surface area contributed by atoms with Gasteiger partial charge in [0.15, 0.2) is 0 Å². The molecule has 2 aromatic heterocycles. The number of aromatic nitrogens is 3. The van der Waals surface area contributed by atoms with E-state index < -0.39 is 5.60 Å². The molecule has 0 saturated carbocycles. The molecule has 0 N–H and O–H groups in total. The summed E-state index contributed by atoms with van der Waals surface area (Å²) in [6.07, 6.45) is 6.77. The molecule has 2 atom stereocenters. The Kier molecular flexibility index (Phi) is 6.53. The van der Waals surface area contributed by atoms with Gasteiger partial charge in [0.25, 0.3) is 0 Å². The van der Waals surface area contributed by atoms with Crippen LogP contribution in [0.3, 0.4) is 0 Å². The summed E-state index contributed by atoms with van der Waals surface area (Å²) in [6.45, 7) is 9.56. The van der Waals surface area contributed by atoms with E-state index in [1.165, 1.54) is 0 Å². The fourth-order valence-corrected chi connectivity index (χ4v) is 5.47. The zero-order valence-electron chi connectivity index (χ0n) is 21.1. The second kappa shape index (κ2) is 9.60. The summed E-state index contributed by atoms with van der Waals surface area (Å²) in [4.78, 5) is 30.9. The third-order valence-corrected chi connectivity index (χ3v) is 7.52. The van der Waals surface area contributed by atoms with Gasteiger partial charge in [-0.05, 0) is 39.7 Å². The van der Waals surface area contributed by atoms with Crippen LogP contribution in [0.5, 0.6) is 11.8 Å². The Bertz CT molecular complexity index is 1090. The summed E-state index contributed by atoms with van der Waals surface area (Å²) in [5.74, 6) is 1.34. The summed E-state index contributed by atoms with van der Waals surface area (Å²) >= 11 is 0. The highest BCUT2D eigenvalue weighted by molar-refractivity contribution is 5.80. The van der Waals surface area contributed by atoms with Gasteiger partial charge in [-0.25, -0.2) is 15.0 Å². The molecule has 0 spiro atoms. The normalized spacial score (nSPS) is 23.7. The van der Waals surface area contributed by atoms with Crippen LogP contribution in [-0.2, 0) is 22.5 Å². The van der Waals surface area contributed by atoms with Crippen molar-refractivity contribution >= 4 is 11.6 Å². The third-order valence-electron chi connectivity index (χ3n) is 7.52. The lowest BCUT2D eigenvalue weighted by molar-refractivity contribution is -0.154. The fraction of sp³-hybridized carbons (Fsp3) is 0.615. The van der Waals surface area contributed by atoms with Crippen LogP contribution in [0, 0.1) is 12.8 Å². The molecular formula is C26H35N5O4. The Labute approximate surface area is 206 Å². The molecule has 0 aromatic carbocycles. The molecule has 5 rings (SSSR count). The Morgan fingerprint density at radius 1 is 1.17 bits per heavy atom. The lowest BCUT2D eigenvalue weighted by atomic mass is 9.83. The van der Waals surface area contributed by atoms with E-state index in [9.17, 15) is 4.79 Å². The van der Waals surface area contributed by atoms with Gasteiger partial charge < -0.3 is 24.0 Å². The van der Waals surface area contributed by atoms with E-state index in [1.807, 2.05) is 31.9 Å². The van der Waals surface area contributed by atoms with E-state index >= 15 is 0 Å². The first-order chi connectivity index (χ1) is 16.9. The van der Waals surface area contributed by atoms with E-state index in [4.69, 9.17) is 14.2 Å². The molecule has 0 bridgehead atoms. The molecule has 9 heteroatoms. The van der Waals surface area contributed by atoms with Crippen molar-refractivity contribution in [2.75, 3.05) is 38.3 Å². The second-order valence-corrected chi connectivity index (χ2v) is 10.3. The molecule has 5 heterocycles. The number of ether oxygens (including phenoxy) is 3. The molecular weight excluding hydrogens is 446 g/mol. The smallest absolute Gasteiger partial charge is 0.228 e.